The van der Waals surface area contributed by atoms with Gasteiger partial charge in [-0.15, -0.1) is 0 Å². The summed E-state index contributed by atoms with van der Waals surface area (Å²) in [4.78, 5) is 2.51. The van der Waals surface area contributed by atoms with Crippen LogP contribution in [0.25, 0.3) is 0 Å². The molecule has 0 saturated carbocycles. The standard InChI is InChI=1S/C14H30N2O2S/c1-6-14(7-2)11-15-13(3,4)12-16(14)9-8-10-19(5,17)18/h15H,6-12H2,1-5H3. The minimum Gasteiger partial charge on any atom is -0.309 e. The van der Waals surface area contributed by atoms with Gasteiger partial charge in [-0.2, -0.15) is 0 Å². The van der Waals surface area contributed by atoms with E-state index in [0.717, 1.165) is 38.9 Å². The Morgan fingerprint density at radius 2 is 1.79 bits per heavy atom. The fraction of sp³-hybridized carbons (Fsp3) is 1.00. The van der Waals surface area contributed by atoms with Gasteiger partial charge in [-0.05, 0) is 39.7 Å². The second-order valence-electron chi connectivity index (χ2n) is 6.57. The van der Waals surface area contributed by atoms with Gasteiger partial charge in [0, 0.05) is 30.4 Å². The Kier molecular flexibility index (Phi) is 5.43. The van der Waals surface area contributed by atoms with Gasteiger partial charge in [-0.1, -0.05) is 13.8 Å². The van der Waals surface area contributed by atoms with E-state index >= 15 is 0 Å². The molecule has 0 unspecified atom stereocenters. The third-order valence-electron chi connectivity index (χ3n) is 4.41. The van der Waals surface area contributed by atoms with Crippen LogP contribution in [0.2, 0.25) is 0 Å². The highest BCUT2D eigenvalue weighted by Gasteiger charge is 2.41. The molecule has 19 heavy (non-hydrogen) atoms. The van der Waals surface area contributed by atoms with E-state index in [-0.39, 0.29) is 11.1 Å². The molecule has 1 saturated heterocycles. The third kappa shape index (κ3) is 4.72. The van der Waals surface area contributed by atoms with E-state index in [1.165, 1.54) is 6.26 Å². The van der Waals surface area contributed by atoms with Gasteiger partial charge in [0.25, 0.3) is 0 Å². The van der Waals surface area contributed by atoms with Crippen LogP contribution in [-0.2, 0) is 9.84 Å². The summed E-state index contributed by atoms with van der Waals surface area (Å²) in [5.74, 6) is 0.293. The number of rotatable bonds is 6. The average Bonchev–Trinajstić information content (AvgIpc) is 2.28. The van der Waals surface area contributed by atoms with Crippen LogP contribution in [0.3, 0.4) is 0 Å². The molecule has 1 aliphatic rings. The fourth-order valence-electron chi connectivity index (χ4n) is 3.00. The average molecular weight is 290 g/mol. The Bertz CT molecular complexity index is 386. The van der Waals surface area contributed by atoms with Gasteiger partial charge in [-0.25, -0.2) is 8.42 Å². The van der Waals surface area contributed by atoms with Crippen LogP contribution in [0, 0.1) is 0 Å². The number of hydrogen-bond acceptors (Lipinski definition) is 4. The van der Waals surface area contributed by atoms with Crippen LogP contribution >= 0.6 is 0 Å². The number of nitrogens with one attached hydrogen (secondary N) is 1. The van der Waals surface area contributed by atoms with Gasteiger partial charge in [0.2, 0.25) is 0 Å². The van der Waals surface area contributed by atoms with Crippen molar-refractivity contribution in [1.29, 1.82) is 0 Å². The molecule has 1 N–H and O–H groups in total. The van der Waals surface area contributed by atoms with Crippen molar-refractivity contribution in [2.24, 2.45) is 0 Å². The highest BCUT2D eigenvalue weighted by molar-refractivity contribution is 7.90. The predicted octanol–water partition coefficient (Wildman–Crippen LogP) is 1.66. The van der Waals surface area contributed by atoms with E-state index < -0.39 is 9.84 Å². The van der Waals surface area contributed by atoms with Crippen molar-refractivity contribution < 1.29 is 8.42 Å². The van der Waals surface area contributed by atoms with E-state index in [1.54, 1.807) is 0 Å². The smallest absolute Gasteiger partial charge is 0.147 e. The summed E-state index contributed by atoms with van der Waals surface area (Å²) in [7, 11) is -2.85. The van der Waals surface area contributed by atoms with Crippen molar-refractivity contribution in [2.75, 3.05) is 31.6 Å². The van der Waals surface area contributed by atoms with Crippen LogP contribution < -0.4 is 5.32 Å². The number of hydrogen-bond donors (Lipinski definition) is 1. The predicted molar refractivity (Wildman–Crippen MR) is 81.3 cm³/mol. The Labute approximate surface area is 118 Å². The lowest BCUT2D eigenvalue weighted by Crippen LogP contribution is -2.68. The Morgan fingerprint density at radius 1 is 1.21 bits per heavy atom. The SMILES string of the molecule is CCC1(CC)CNC(C)(C)CN1CCCS(C)(=O)=O. The molecular weight excluding hydrogens is 260 g/mol. The van der Waals surface area contributed by atoms with Crippen LogP contribution in [0.4, 0.5) is 0 Å². The lowest BCUT2D eigenvalue weighted by atomic mass is 9.84. The third-order valence-corrected chi connectivity index (χ3v) is 5.44. The van der Waals surface area contributed by atoms with E-state index in [1.807, 2.05) is 0 Å². The molecule has 0 amide bonds. The summed E-state index contributed by atoms with van der Waals surface area (Å²) in [5, 5.41) is 3.63. The lowest BCUT2D eigenvalue weighted by molar-refractivity contribution is 0.00930. The molecule has 4 nitrogen and oxygen atoms in total. The molecule has 1 rings (SSSR count). The number of sulfone groups is 1. The molecule has 0 aromatic carbocycles. The Morgan fingerprint density at radius 3 is 2.26 bits per heavy atom. The zero-order chi connectivity index (χ0) is 14.7. The number of nitrogens with zero attached hydrogens (tertiary/aromatic N) is 1. The minimum absolute atomic E-state index is 0.110. The first-order valence-electron chi connectivity index (χ1n) is 7.32. The van der Waals surface area contributed by atoms with Gasteiger partial charge >= 0.3 is 0 Å². The van der Waals surface area contributed by atoms with Crippen molar-refractivity contribution in [3.63, 3.8) is 0 Å². The van der Waals surface area contributed by atoms with Crippen LogP contribution in [0.1, 0.15) is 47.0 Å². The van der Waals surface area contributed by atoms with Gasteiger partial charge in [-0.3, -0.25) is 4.90 Å². The minimum atomic E-state index is -2.85. The second kappa shape index (κ2) is 6.10. The second-order valence-corrected chi connectivity index (χ2v) is 8.83. The van der Waals surface area contributed by atoms with Gasteiger partial charge in [0.1, 0.15) is 9.84 Å². The summed E-state index contributed by atoms with van der Waals surface area (Å²) >= 11 is 0. The van der Waals surface area contributed by atoms with Crippen molar-refractivity contribution in [3.05, 3.63) is 0 Å². The topological polar surface area (TPSA) is 49.4 Å². The molecule has 0 aromatic rings. The summed E-state index contributed by atoms with van der Waals surface area (Å²) < 4.78 is 22.5. The summed E-state index contributed by atoms with van der Waals surface area (Å²) in [6.45, 7) is 11.7. The molecule has 0 aromatic heterocycles. The maximum Gasteiger partial charge on any atom is 0.147 e. The first kappa shape index (κ1) is 16.9. The van der Waals surface area contributed by atoms with E-state index in [4.69, 9.17) is 0 Å². The molecule has 0 spiro atoms. The molecule has 114 valence electrons. The highest BCUT2D eigenvalue weighted by Crippen LogP contribution is 2.30. The van der Waals surface area contributed by atoms with Gasteiger partial charge < -0.3 is 5.32 Å². The van der Waals surface area contributed by atoms with Crippen LogP contribution in [0.15, 0.2) is 0 Å². The number of piperazine rings is 1. The first-order valence-corrected chi connectivity index (χ1v) is 9.38. The summed E-state index contributed by atoms with van der Waals surface area (Å²) in [6.07, 6.45) is 4.26. The molecule has 0 atom stereocenters. The van der Waals surface area contributed by atoms with E-state index in [2.05, 4.69) is 37.9 Å². The van der Waals surface area contributed by atoms with E-state index in [9.17, 15) is 8.42 Å². The molecule has 5 heteroatoms. The zero-order valence-electron chi connectivity index (χ0n) is 13.1. The lowest BCUT2D eigenvalue weighted by Gasteiger charge is -2.52. The van der Waals surface area contributed by atoms with Crippen LogP contribution in [-0.4, -0.2) is 56.0 Å². The monoisotopic (exact) mass is 290 g/mol. The Balaban J connectivity index is 2.72. The largest absolute Gasteiger partial charge is 0.309 e. The summed E-state index contributed by atoms with van der Waals surface area (Å²) in [6, 6.07) is 0. The molecule has 1 fully saturated rings. The molecule has 0 aliphatic carbocycles. The fourth-order valence-corrected chi connectivity index (χ4v) is 3.65. The molecular formula is C14H30N2O2S. The molecule has 0 radical (unpaired) electrons. The van der Waals surface area contributed by atoms with Gasteiger partial charge in [0.05, 0.1) is 5.75 Å². The molecule has 0 bridgehead atoms. The summed E-state index contributed by atoms with van der Waals surface area (Å²) in [5.41, 5.74) is 0.298. The Hall–Kier alpha value is -0.130. The molecule has 1 aliphatic heterocycles. The van der Waals surface area contributed by atoms with Crippen molar-refractivity contribution in [3.8, 4) is 0 Å². The van der Waals surface area contributed by atoms with E-state index in [0.29, 0.717) is 5.75 Å². The highest BCUT2D eigenvalue weighted by atomic mass is 32.2. The van der Waals surface area contributed by atoms with Crippen LogP contribution in [0.5, 0.6) is 0 Å². The quantitative estimate of drug-likeness (QED) is 0.808. The molecule has 1 heterocycles. The maximum atomic E-state index is 11.3. The first-order chi connectivity index (χ1) is 8.64. The maximum absolute atomic E-state index is 11.3. The van der Waals surface area contributed by atoms with Gasteiger partial charge in [0.15, 0.2) is 0 Å². The van der Waals surface area contributed by atoms with Crippen molar-refractivity contribution in [2.45, 2.75) is 58.0 Å². The zero-order valence-corrected chi connectivity index (χ0v) is 13.9. The van der Waals surface area contributed by atoms with Crippen molar-refractivity contribution in [1.82, 2.24) is 10.2 Å². The normalized spacial score (nSPS) is 23.4. The van der Waals surface area contributed by atoms with Crippen molar-refractivity contribution >= 4 is 9.84 Å².